The molecule has 0 spiro atoms. The van der Waals surface area contributed by atoms with Crippen LogP contribution in [0.3, 0.4) is 0 Å². The van der Waals surface area contributed by atoms with Crippen molar-refractivity contribution in [3.8, 4) is 5.75 Å². The van der Waals surface area contributed by atoms with Gasteiger partial charge in [0.05, 0.1) is 0 Å². The van der Waals surface area contributed by atoms with Gasteiger partial charge in [0, 0.05) is 5.56 Å². The van der Waals surface area contributed by atoms with Crippen molar-refractivity contribution in [3.63, 3.8) is 0 Å². The van der Waals surface area contributed by atoms with Gasteiger partial charge in [0.2, 0.25) is 5.78 Å². The number of hydrogen-bond donors (Lipinski definition) is 1. The first-order valence-electron chi connectivity index (χ1n) is 7.13. The zero-order valence-corrected chi connectivity index (χ0v) is 16.2. The van der Waals surface area contributed by atoms with Crippen molar-refractivity contribution in [2.45, 2.75) is 19.4 Å². The molecule has 0 unspecified atom stereocenters. The molecule has 0 atom stereocenters. The average molecular weight is 436 g/mol. The SMILES string of the molecule is CC[S+](CC)CC(=O)c1ccc(OS(=O)(=O)NS(=O)(=O)C(F)(F)F)cc1. The highest BCUT2D eigenvalue weighted by atomic mass is 32.3. The van der Waals surface area contributed by atoms with Gasteiger partial charge in [-0.2, -0.15) is 21.6 Å². The lowest BCUT2D eigenvalue weighted by atomic mass is 10.1. The smallest absolute Gasteiger partial charge is 0.370 e. The average Bonchev–Trinajstić information content (AvgIpc) is 2.50. The molecule has 26 heavy (non-hydrogen) atoms. The Labute approximate surface area is 152 Å². The number of alkyl halides is 3. The topological polar surface area (TPSA) is 107 Å². The van der Waals surface area contributed by atoms with Crippen molar-refractivity contribution < 1.29 is 39.0 Å². The molecule has 1 N–H and O–H groups in total. The molecule has 0 fully saturated rings. The van der Waals surface area contributed by atoms with Gasteiger partial charge in [0.25, 0.3) is 0 Å². The van der Waals surface area contributed by atoms with Gasteiger partial charge in [-0.25, -0.2) is 8.42 Å². The molecule has 1 aromatic rings. The van der Waals surface area contributed by atoms with Crippen LogP contribution in [0.1, 0.15) is 24.2 Å². The summed E-state index contributed by atoms with van der Waals surface area (Å²) in [6.45, 7) is 3.92. The van der Waals surface area contributed by atoms with Crippen molar-refractivity contribution >= 4 is 37.0 Å². The standard InChI is InChI=1S/C13H17F3NO6S3/c1-3-24(4-2)9-12(18)10-5-7-11(8-6-10)23-26(21,22)17-25(19,20)13(14,15)16/h5-8,17H,3-4,9H2,1-2H3/q+1. The van der Waals surface area contributed by atoms with E-state index in [1.807, 2.05) is 13.8 Å². The number of Topliss-reactive ketones (excluding diaryl/α,β-unsaturated/α-hetero) is 1. The molecule has 0 aromatic heterocycles. The van der Waals surface area contributed by atoms with Gasteiger partial charge in [-0.1, -0.05) is 4.13 Å². The Hall–Kier alpha value is -1.31. The van der Waals surface area contributed by atoms with Crippen molar-refractivity contribution in [1.29, 1.82) is 0 Å². The molecule has 0 saturated carbocycles. The molecule has 0 heterocycles. The molecule has 0 saturated heterocycles. The Morgan fingerprint density at radius 2 is 1.58 bits per heavy atom. The van der Waals surface area contributed by atoms with E-state index in [2.05, 4.69) is 4.18 Å². The predicted molar refractivity (Wildman–Crippen MR) is 91.7 cm³/mol. The summed E-state index contributed by atoms with van der Waals surface area (Å²) in [6, 6.07) is 4.59. The van der Waals surface area contributed by atoms with E-state index in [4.69, 9.17) is 0 Å². The molecule has 0 aliphatic heterocycles. The minimum atomic E-state index is -6.13. The van der Waals surface area contributed by atoms with Crippen LogP contribution in [-0.2, 0) is 31.2 Å². The Bertz CT molecular complexity index is 831. The van der Waals surface area contributed by atoms with E-state index >= 15 is 0 Å². The first kappa shape index (κ1) is 22.7. The third kappa shape index (κ3) is 6.45. The van der Waals surface area contributed by atoms with Crippen LogP contribution in [0.4, 0.5) is 13.2 Å². The van der Waals surface area contributed by atoms with Crippen molar-refractivity contribution in [1.82, 2.24) is 4.13 Å². The number of sulfonamides is 1. The monoisotopic (exact) mass is 436 g/mol. The van der Waals surface area contributed by atoms with Crippen LogP contribution >= 0.6 is 0 Å². The van der Waals surface area contributed by atoms with E-state index in [1.54, 1.807) is 0 Å². The number of carbonyl (C=O) groups is 1. The molecular formula is C13H17F3NO6S3+. The summed E-state index contributed by atoms with van der Waals surface area (Å²) in [7, 11) is -11.5. The Balaban J connectivity index is 2.85. The fraction of sp³-hybridized carbons (Fsp3) is 0.462. The van der Waals surface area contributed by atoms with E-state index < -0.39 is 31.6 Å². The van der Waals surface area contributed by atoms with Crippen LogP contribution in [0, 0.1) is 0 Å². The molecule has 1 aromatic carbocycles. The fourth-order valence-corrected chi connectivity index (χ4v) is 5.01. The molecule has 0 aliphatic carbocycles. The first-order chi connectivity index (χ1) is 11.8. The Morgan fingerprint density at radius 3 is 2.00 bits per heavy atom. The number of benzene rings is 1. The Morgan fingerprint density at radius 1 is 1.08 bits per heavy atom. The van der Waals surface area contributed by atoms with Gasteiger partial charge in [-0.3, -0.25) is 4.79 Å². The van der Waals surface area contributed by atoms with E-state index in [9.17, 15) is 34.8 Å². The second kappa shape index (κ2) is 8.59. The zero-order chi connectivity index (χ0) is 20.2. The number of nitrogens with one attached hydrogen (secondary N) is 1. The quantitative estimate of drug-likeness (QED) is 0.465. The summed E-state index contributed by atoms with van der Waals surface area (Å²) >= 11 is 0. The number of carbonyl (C=O) groups excluding carboxylic acids is 1. The maximum absolute atomic E-state index is 12.2. The van der Waals surface area contributed by atoms with E-state index in [0.717, 1.165) is 23.6 Å². The summed E-state index contributed by atoms with van der Waals surface area (Å²) in [5.41, 5.74) is -5.53. The van der Waals surface area contributed by atoms with E-state index in [-0.39, 0.29) is 22.2 Å². The van der Waals surface area contributed by atoms with Gasteiger partial charge in [-0.05, 0) is 49.0 Å². The van der Waals surface area contributed by atoms with Crippen molar-refractivity contribution in [2.75, 3.05) is 17.3 Å². The summed E-state index contributed by atoms with van der Waals surface area (Å²) in [5, 5.41) is 0. The highest BCUT2D eigenvalue weighted by molar-refractivity contribution is 8.03. The van der Waals surface area contributed by atoms with Crippen molar-refractivity contribution in [3.05, 3.63) is 29.8 Å². The minimum Gasteiger partial charge on any atom is -0.370 e. The van der Waals surface area contributed by atoms with Crippen LogP contribution in [0.2, 0.25) is 0 Å². The highest BCUT2D eigenvalue weighted by Gasteiger charge is 2.48. The number of halogens is 3. The molecule has 1 rings (SSSR count). The third-order valence-electron chi connectivity index (χ3n) is 3.05. The minimum absolute atomic E-state index is 0.0701. The van der Waals surface area contributed by atoms with Gasteiger partial charge in [-0.15, -0.1) is 0 Å². The molecule has 0 bridgehead atoms. The zero-order valence-electron chi connectivity index (χ0n) is 13.7. The summed E-state index contributed by atoms with van der Waals surface area (Å²) < 4.78 is 85.8. The lowest BCUT2D eigenvalue weighted by Gasteiger charge is -2.11. The van der Waals surface area contributed by atoms with Gasteiger partial charge in [0.15, 0.2) is 5.75 Å². The molecule has 7 nitrogen and oxygen atoms in total. The summed E-state index contributed by atoms with van der Waals surface area (Å²) in [4.78, 5) is 12.1. The summed E-state index contributed by atoms with van der Waals surface area (Å²) in [5.74, 6) is 1.42. The van der Waals surface area contributed by atoms with Gasteiger partial charge < -0.3 is 4.18 Å². The predicted octanol–water partition coefficient (Wildman–Crippen LogP) is 1.59. The highest BCUT2D eigenvalue weighted by Crippen LogP contribution is 2.23. The molecular weight excluding hydrogens is 419 g/mol. The Kier molecular flexibility index (Phi) is 7.51. The molecule has 0 radical (unpaired) electrons. The second-order valence-corrected chi connectivity index (χ2v) is 10.7. The van der Waals surface area contributed by atoms with Crippen LogP contribution in [0.15, 0.2) is 24.3 Å². The number of rotatable bonds is 9. The molecule has 0 aliphatic rings. The number of hydrogen-bond acceptors (Lipinski definition) is 6. The molecule has 13 heteroatoms. The van der Waals surface area contributed by atoms with E-state index in [1.165, 1.54) is 12.1 Å². The van der Waals surface area contributed by atoms with Crippen LogP contribution in [0.5, 0.6) is 5.75 Å². The maximum atomic E-state index is 12.2. The fourth-order valence-electron chi connectivity index (χ4n) is 1.70. The maximum Gasteiger partial charge on any atom is 0.512 e. The third-order valence-corrected chi connectivity index (χ3v) is 8.07. The lowest BCUT2D eigenvalue weighted by molar-refractivity contribution is -0.0442. The van der Waals surface area contributed by atoms with Crippen LogP contribution in [-0.4, -0.2) is 45.4 Å². The van der Waals surface area contributed by atoms with Crippen molar-refractivity contribution in [2.24, 2.45) is 0 Å². The largest absolute Gasteiger partial charge is 0.512 e. The molecule has 148 valence electrons. The van der Waals surface area contributed by atoms with Gasteiger partial charge in [0.1, 0.15) is 17.3 Å². The van der Waals surface area contributed by atoms with Crippen LogP contribution < -0.4 is 8.31 Å². The second-order valence-electron chi connectivity index (χ2n) is 4.85. The lowest BCUT2D eigenvalue weighted by Crippen LogP contribution is -2.42. The normalized spacial score (nSPS) is 13.0. The van der Waals surface area contributed by atoms with Gasteiger partial charge >= 0.3 is 25.8 Å². The number of ketones is 1. The summed E-state index contributed by atoms with van der Waals surface area (Å²) in [6.07, 6.45) is 0. The first-order valence-corrected chi connectivity index (χ1v) is 11.7. The van der Waals surface area contributed by atoms with Crippen LogP contribution in [0.25, 0.3) is 0 Å². The molecule has 0 amide bonds. The van der Waals surface area contributed by atoms with E-state index in [0.29, 0.717) is 9.88 Å².